The van der Waals surface area contributed by atoms with Gasteiger partial charge in [-0.05, 0) is 45.0 Å². The van der Waals surface area contributed by atoms with Crippen molar-refractivity contribution in [2.75, 3.05) is 23.9 Å². The van der Waals surface area contributed by atoms with E-state index in [4.69, 9.17) is 4.74 Å². The zero-order chi connectivity index (χ0) is 19.1. The van der Waals surface area contributed by atoms with Crippen molar-refractivity contribution in [3.63, 3.8) is 0 Å². The van der Waals surface area contributed by atoms with E-state index >= 15 is 0 Å². The van der Waals surface area contributed by atoms with Crippen LogP contribution in [0.15, 0.2) is 36.5 Å². The van der Waals surface area contributed by atoms with E-state index in [1.807, 2.05) is 20.8 Å². The van der Waals surface area contributed by atoms with Crippen molar-refractivity contribution >= 4 is 23.5 Å². The molecule has 0 radical (unpaired) electrons. The Bertz CT molecular complexity index is 724. The number of amides is 2. The van der Waals surface area contributed by atoms with Crippen LogP contribution in [0.1, 0.15) is 20.8 Å². The van der Waals surface area contributed by atoms with Gasteiger partial charge in [0.1, 0.15) is 11.6 Å². The number of ether oxygens (including phenoxy) is 1. The molecule has 2 N–H and O–H groups in total. The van der Waals surface area contributed by atoms with Crippen LogP contribution < -0.4 is 15.5 Å². The van der Waals surface area contributed by atoms with Crippen LogP contribution >= 0.6 is 0 Å². The molecule has 140 valence electrons. The molecule has 0 spiro atoms. The Balaban J connectivity index is 2.35. The quantitative estimate of drug-likeness (QED) is 0.791. The third-order valence-electron chi connectivity index (χ3n) is 3.36. The third-order valence-corrected chi connectivity index (χ3v) is 3.36. The van der Waals surface area contributed by atoms with E-state index in [0.29, 0.717) is 24.1 Å². The highest BCUT2D eigenvalue weighted by Crippen LogP contribution is 2.25. The molecule has 1 unspecified atom stereocenters. The Kier molecular flexibility index (Phi) is 6.85. The number of halogens is 1. The monoisotopic (exact) mass is 361 g/mol. The topological polar surface area (TPSA) is 79.4 Å². The summed E-state index contributed by atoms with van der Waals surface area (Å²) in [5.74, 6) is 0.366. The van der Waals surface area contributed by atoms with E-state index in [0.717, 1.165) is 0 Å². The normalized spacial score (nSPS) is 11.9. The summed E-state index contributed by atoms with van der Waals surface area (Å²) in [5, 5.41) is 5.94. The van der Waals surface area contributed by atoms with Gasteiger partial charge in [0.05, 0.1) is 12.3 Å². The van der Waals surface area contributed by atoms with Crippen molar-refractivity contribution in [3.8, 4) is 0 Å². The number of aromatic nitrogens is 2. The number of urea groups is 1. The number of methoxy groups -OCH3 is 1. The number of anilines is 3. The molecule has 0 fully saturated rings. The summed E-state index contributed by atoms with van der Waals surface area (Å²) >= 11 is 0. The largest absolute Gasteiger partial charge is 0.383 e. The molecular formula is C18H24FN5O2. The molecule has 0 bridgehead atoms. The van der Waals surface area contributed by atoms with Gasteiger partial charge in [-0.3, -0.25) is 0 Å². The summed E-state index contributed by atoms with van der Waals surface area (Å²) in [6, 6.07) is 6.84. The van der Waals surface area contributed by atoms with E-state index in [1.54, 1.807) is 19.4 Å². The summed E-state index contributed by atoms with van der Waals surface area (Å²) in [4.78, 5) is 22.7. The predicted octanol–water partition coefficient (Wildman–Crippen LogP) is 3.32. The van der Waals surface area contributed by atoms with Gasteiger partial charge >= 0.3 is 6.03 Å². The Labute approximate surface area is 152 Å². The smallest absolute Gasteiger partial charge is 0.327 e. The number of nitrogens with zero attached hydrogens (tertiary/aromatic N) is 3. The van der Waals surface area contributed by atoms with Gasteiger partial charge in [0.2, 0.25) is 5.95 Å². The lowest BCUT2D eigenvalue weighted by atomic mass is 10.2. The molecule has 2 rings (SSSR count). The molecule has 0 saturated carbocycles. The molecule has 0 aliphatic carbocycles. The van der Waals surface area contributed by atoms with Gasteiger partial charge in [0, 0.05) is 31.5 Å². The van der Waals surface area contributed by atoms with Crippen LogP contribution in [0.5, 0.6) is 0 Å². The van der Waals surface area contributed by atoms with Gasteiger partial charge in [0.15, 0.2) is 0 Å². The minimum atomic E-state index is -0.378. The summed E-state index contributed by atoms with van der Waals surface area (Å²) < 4.78 is 18.4. The maximum absolute atomic E-state index is 13.3. The fourth-order valence-electron chi connectivity index (χ4n) is 2.31. The molecule has 26 heavy (non-hydrogen) atoms. The lowest BCUT2D eigenvalue weighted by Crippen LogP contribution is -2.41. The number of hydrogen-bond donors (Lipinski definition) is 2. The molecule has 1 aromatic carbocycles. The summed E-state index contributed by atoms with van der Waals surface area (Å²) in [7, 11) is 1.61. The van der Waals surface area contributed by atoms with E-state index in [1.165, 1.54) is 29.2 Å². The Morgan fingerprint density at radius 1 is 1.23 bits per heavy atom. The average Bonchev–Trinajstić information content (AvgIpc) is 2.57. The van der Waals surface area contributed by atoms with Crippen LogP contribution in [0.25, 0.3) is 0 Å². The van der Waals surface area contributed by atoms with Gasteiger partial charge in [-0.2, -0.15) is 4.98 Å². The maximum atomic E-state index is 13.3. The minimum absolute atomic E-state index is 0.000915. The lowest BCUT2D eigenvalue weighted by Gasteiger charge is -2.24. The van der Waals surface area contributed by atoms with Crippen molar-refractivity contribution in [2.45, 2.75) is 32.9 Å². The fraction of sp³-hybridized carbons (Fsp3) is 0.389. The molecule has 0 aliphatic heterocycles. The van der Waals surface area contributed by atoms with E-state index in [2.05, 4.69) is 20.6 Å². The van der Waals surface area contributed by atoms with E-state index in [-0.39, 0.29) is 23.9 Å². The second-order valence-electron chi connectivity index (χ2n) is 6.16. The van der Waals surface area contributed by atoms with Gasteiger partial charge in [-0.1, -0.05) is 0 Å². The van der Waals surface area contributed by atoms with Gasteiger partial charge in [-0.25, -0.2) is 19.1 Å². The van der Waals surface area contributed by atoms with Crippen LogP contribution in [0.3, 0.4) is 0 Å². The number of nitrogens with one attached hydrogen (secondary N) is 2. The molecule has 2 amide bonds. The number of carbonyl (C=O) groups excluding carboxylic acids is 1. The summed E-state index contributed by atoms with van der Waals surface area (Å²) in [6.07, 6.45) is 1.56. The maximum Gasteiger partial charge on any atom is 0.327 e. The van der Waals surface area contributed by atoms with Crippen LogP contribution in [-0.4, -0.2) is 41.8 Å². The van der Waals surface area contributed by atoms with Crippen molar-refractivity contribution in [3.05, 3.63) is 42.3 Å². The second kappa shape index (κ2) is 9.10. The molecule has 0 saturated heterocycles. The van der Waals surface area contributed by atoms with Crippen molar-refractivity contribution in [1.82, 2.24) is 15.3 Å². The van der Waals surface area contributed by atoms with Crippen molar-refractivity contribution in [1.29, 1.82) is 0 Å². The van der Waals surface area contributed by atoms with E-state index in [9.17, 15) is 9.18 Å². The first kappa shape index (κ1) is 19.6. The van der Waals surface area contributed by atoms with Crippen LogP contribution in [0, 0.1) is 5.82 Å². The molecular weight excluding hydrogens is 337 g/mol. The van der Waals surface area contributed by atoms with Gasteiger partial charge < -0.3 is 15.4 Å². The summed E-state index contributed by atoms with van der Waals surface area (Å²) in [6.45, 7) is 6.14. The highest BCUT2D eigenvalue weighted by Gasteiger charge is 2.21. The summed E-state index contributed by atoms with van der Waals surface area (Å²) in [5.41, 5.74) is 0.499. The average molecular weight is 361 g/mol. The molecule has 1 aromatic heterocycles. The SMILES string of the molecule is COCC(C)Nc1nccc(N(C(=O)NC(C)C)c2ccc(F)cc2)n1. The van der Waals surface area contributed by atoms with Crippen LogP contribution in [-0.2, 0) is 4.74 Å². The minimum Gasteiger partial charge on any atom is -0.383 e. The highest BCUT2D eigenvalue weighted by molar-refractivity contribution is 5.98. The zero-order valence-electron chi connectivity index (χ0n) is 15.4. The molecule has 8 heteroatoms. The molecule has 2 aromatic rings. The second-order valence-corrected chi connectivity index (χ2v) is 6.16. The Morgan fingerprint density at radius 2 is 1.92 bits per heavy atom. The van der Waals surface area contributed by atoms with Crippen molar-refractivity contribution in [2.24, 2.45) is 0 Å². The Morgan fingerprint density at radius 3 is 2.54 bits per heavy atom. The van der Waals surface area contributed by atoms with Crippen LogP contribution in [0.4, 0.5) is 26.6 Å². The number of benzene rings is 1. The molecule has 7 nitrogen and oxygen atoms in total. The number of carbonyl (C=O) groups is 1. The molecule has 1 heterocycles. The first-order valence-corrected chi connectivity index (χ1v) is 8.35. The molecule has 1 atom stereocenters. The Hall–Kier alpha value is -2.74. The predicted molar refractivity (Wildman–Crippen MR) is 99.2 cm³/mol. The zero-order valence-corrected chi connectivity index (χ0v) is 15.4. The standard InChI is InChI=1S/C18H24FN5O2/c1-12(2)21-18(25)24(15-7-5-14(19)6-8-15)16-9-10-20-17(23-16)22-13(3)11-26-4/h5-10,12-13H,11H2,1-4H3,(H,21,25)(H,20,22,23). The van der Waals surface area contributed by atoms with Gasteiger partial charge in [-0.15, -0.1) is 0 Å². The van der Waals surface area contributed by atoms with Crippen LogP contribution in [0.2, 0.25) is 0 Å². The number of rotatable bonds is 7. The highest BCUT2D eigenvalue weighted by atomic mass is 19.1. The van der Waals surface area contributed by atoms with E-state index < -0.39 is 0 Å². The first-order valence-electron chi connectivity index (χ1n) is 8.35. The fourth-order valence-corrected chi connectivity index (χ4v) is 2.31. The molecule has 0 aliphatic rings. The van der Waals surface area contributed by atoms with Crippen molar-refractivity contribution < 1.29 is 13.9 Å². The first-order chi connectivity index (χ1) is 12.4. The number of hydrogen-bond acceptors (Lipinski definition) is 5. The lowest BCUT2D eigenvalue weighted by molar-refractivity contribution is 0.190. The van der Waals surface area contributed by atoms with Gasteiger partial charge in [0.25, 0.3) is 0 Å². The third kappa shape index (κ3) is 5.38.